The van der Waals surface area contributed by atoms with E-state index in [1.807, 2.05) is 0 Å². The number of pyridine rings is 1. The first-order valence-electron chi connectivity index (χ1n) is 15.9. The third-order valence-electron chi connectivity index (χ3n) is 9.04. The number of anilines is 2. The van der Waals surface area contributed by atoms with Crippen molar-refractivity contribution in [2.24, 2.45) is 5.41 Å². The molecule has 0 bridgehead atoms. The fourth-order valence-electron chi connectivity index (χ4n) is 7.15. The zero-order chi connectivity index (χ0) is 38.8. The molecule has 1 amide bonds. The minimum atomic E-state index is -5.70. The fourth-order valence-corrected chi connectivity index (χ4v) is 9.86. The predicted molar refractivity (Wildman–Crippen MR) is 179 cm³/mol. The Bertz CT molecular complexity index is 1730. The molecule has 2 heterocycles. The quantitative estimate of drug-likeness (QED) is 0.167. The monoisotopic (exact) mass is 768 g/mol. The molecule has 1 atom stereocenters. The molecule has 51 heavy (non-hydrogen) atoms. The molecule has 1 spiro atoms. The third kappa shape index (κ3) is 7.77. The van der Waals surface area contributed by atoms with Crippen LogP contribution in [0, 0.1) is 22.6 Å². The molecule has 6 nitrogen and oxygen atoms in total. The maximum Gasteiger partial charge on any atom is 0.453 e. The van der Waals surface area contributed by atoms with Crippen molar-refractivity contribution in [3.63, 3.8) is 0 Å². The molecule has 1 aliphatic heterocycles. The third-order valence-corrected chi connectivity index (χ3v) is 10.8. The van der Waals surface area contributed by atoms with E-state index < -0.39 is 74.2 Å². The second-order valence-corrected chi connectivity index (χ2v) is 17.6. The number of amides is 1. The highest BCUT2D eigenvalue weighted by molar-refractivity contribution is 8.01. The average molecular weight is 769 g/mol. The number of thioether (sulfide) groups is 1. The van der Waals surface area contributed by atoms with Crippen LogP contribution in [0.2, 0.25) is 0 Å². The van der Waals surface area contributed by atoms with Gasteiger partial charge >= 0.3 is 18.3 Å². The van der Waals surface area contributed by atoms with Crippen LogP contribution in [0.15, 0.2) is 30.5 Å². The highest BCUT2D eigenvalue weighted by Gasteiger charge is 2.67. The molecular weight excluding hydrogens is 732 g/mol. The summed E-state index contributed by atoms with van der Waals surface area (Å²) in [4.78, 5) is 19.6. The number of carbonyl (C=O) groups excluding carboxylic acids is 1. The number of thiocarbonyl (C=S) groups is 1. The van der Waals surface area contributed by atoms with Gasteiger partial charge in [0.05, 0.1) is 23.6 Å². The lowest BCUT2D eigenvalue weighted by atomic mass is 9.75. The van der Waals surface area contributed by atoms with E-state index in [1.165, 1.54) is 34.9 Å². The Morgan fingerprint density at radius 1 is 1.00 bits per heavy atom. The predicted octanol–water partition coefficient (Wildman–Crippen LogP) is 10.2. The number of hydrogen-bond acceptors (Lipinski definition) is 6. The summed E-state index contributed by atoms with van der Waals surface area (Å²) >= 11 is 6.79. The SMILES string of the molecule is CC(CC(C)(C)SC(C)(C)CC(C)(C)C(F)(F)C(F)(F)F)Oc1ccc(N2C(=S)N(c3cnc(C#N)c(C(F)(F)F)c3)C(=O)C23CCC3)cc1F. The van der Waals surface area contributed by atoms with Gasteiger partial charge in [-0.05, 0) is 69.4 Å². The van der Waals surface area contributed by atoms with Gasteiger partial charge in [0.2, 0.25) is 0 Å². The van der Waals surface area contributed by atoms with E-state index in [4.69, 9.17) is 22.2 Å². The van der Waals surface area contributed by atoms with Crippen molar-refractivity contribution in [3.8, 4) is 11.8 Å². The first-order valence-corrected chi connectivity index (χ1v) is 17.1. The lowest BCUT2D eigenvalue weighted by molar-refractivity contribution is -0.322. The van der Waals surface area contributed by atoms with Gasteiger partial charge in [0.1, 0.15) is 11.6 Å². The summed E-state index contributed by atoms with van der Waals surface area (Å²) in [6, 6.07) is 5.89. The molecule has 1 aliphatic carbocycles. The lowest BCUT2D eigenvalue weighted by Crippen LogP contribution is -2.55. The number of nitrogens with zero attached hydrogens (tertiary/aromatic N) is 4. The summed E-state index contributed by atoms with van der Waals surface area (Å²) in [5.41, 5.74) is -6.00. The Morgan fingerprint density at radius 2 is 1.61 bits per heavy atom. The van der Waals surface area contributed by atoms with Crippen molar-refractivity contribution in [3.05, 3.63) is 47.5 Å². The molecular formula is C34H37F9N4O2S2. The Hall–Kier alpha value is -3.26. The van der Waals surface area contributed by atoms with Crippen LogP contribution in [0.1, 0.15) is 91.8 Å². The van der Waals surface area contributed by atoms with Gasteiger partial charge in [0, 0.05) is 26.7 Å². The van der Waals surface area contributed by atoms with Gasteiger partial charge in [0.15, 0.2) is 22.4 Å². The maximum atomic E-state index is 15.6. The average Bonchev–Trinajstić information content (AvgIpc) is 3.17. The van der Waals surface area contributed by atoms with Crippen LogP contribution in [0.5, 0.6) is 5.75 Å². The van der Waals surface area contributed by atoms with Crippen molar-refractivity contribution in [1.82, 2.24) is 4.98 Å². The van der Waals surface area contributed by atoms with Gasteiger partial charge < -0.3 is 9.64 Å². The Balaban J connectivity index is 1.51. The van der Waals surface area contributed by atoms with Crippen molar-refractivity contribution in [2.75, 3.05) is 9.80 Å². The molecule has 280 valence electrons. The van der Waals surface area contributed by atoms with Gasteiger partial charge in [-0.15, -0.1) is 11.8 Å². The molecule has 1 saturated carbocycles. The van der Waals surface area contributed by atoms with Gasteiger partial charge in [-0.2, -0.15) is 40.4 Å². The molecule has 17 heteroatoms. The maximum absolute atomic E-state index is 15.6. The molecule has 0 radical (unpaired) electrons. The number of ether oxygens (including phenoxy) is 1. The summed E-state index contributed by atoms with van der Waals surface area (Å²) in [5, 5.41) is 8.93. The highest BCUT2D eigenvalue weighted by Crippen LogP contribution is 2.55. The summed E-state index contributed by atoms with van der Waals surface area (Å²) in [7, 11) is 0. The zero-order valence-corrected chi connectivity index (χ0v) is 30.5. The molecule has 1 unspecified atom stereocenters. The van der Waals surface area contributed by atoms with Crippen LogP contribution in [0.4, 0.5) is 50.9 Å². The van der Waals surface area contributed by atoms with E-state index in [0.717, 1.165) is 31.0 Å². The number of benzene rings is 1. The molecule has 4 rings (SSSR count). The van der Waals surface area contributed by atoms with Crippen LogP contribution in [0.25, 0.3) is 0 Å². The smallest absolute Gasteiger partial charge is 0.453 e. The Morgan fingerprint density at radius 3 is 2.10 bits per heavy atom. The van der Waals surface area contributed by atoms with E-state index >= 15 is 4.39 Å². The van der Waals surface area contributed by atoms with Gasteiger partial charge in [0.25, 0.3) is 5.91 Å². The molecule has 2 aromatic rings. The van der Waals surface area contributed by atoms with Crippen LogP contribution >= 0.6 is 24.0 Å². The minimum absolute atomic E-state index is 0.154. The van der Waals surface area contributed by atoms with E-state index in [0.29, 0.717) is 25.3 Å². The summed E-state index contributed by atoms with van der Waals surface area (Å²) in [6.45, 7) is 10.2. The van der Waals surface area contributed by atoms with Gasteiger partial charge in [-0.25, -0.2) is 9.37 Å². The summed E-state index contributed by atoms with van der Waals surface area (Å²) in [5.74, 6) is -6.52. The van der Waals surface area contributed by atoms with Crippen molar-refractivity contribution >= 4 is 46.4 Å². The minimum Gasteiger partial charge on any atom is -0.488 e. The topological polar surface area (TPSA) is 69.5 Å². The Kier molecular flexibility index (Phi) is 10.6. The van der Waals surface area contributed by atoms with Crippen LogP contribution < -0.4 is 14.5 Å². The summed E-state index contributed by atoms with van der Waals surface area (Å²) in [6.07, 6.45) is -9.35. The zero-order valence-electron chi connectivity index (χ0n) is 28.8. The molecule has 2 fully saturated rings. The number of hydrogen-bond donors (Lipinski definition) is 0. The lowest BCUT2D eigenvalue weighted by Gasteiger charge is -2.43. The van der Waals surface area contributed by atoms with Gasteiger partial charge in [-0.3, -0.25) is 9.69 Å². The van der Waals surface area contributed by atoms with Crippen molar-refractivity contribution in [1.29, 1.82) is 5.26 Å². The number of carbonyl (C=O) groups is 1. The second kappa shape index (κ2) is 13.3. The van der Waals surface area contributed by atoms with E-state index in [1.54, 1.807) is 34.6 Å². The van der Waals surface area contributed by atoms with Gasteiger partial charge in [-0.1, -0.05) is 41.5 Å². The van der Waals surface area contributed by atoms with E-state index in [-0.39, 0.29) is 28.7 Å². The number of halogens is 9. The fraction of sp³-hybridized carbons (Fsp3) is 0.588. The Labute approximate surface area is 299 Å². The summed E-state index contributed by atoms with van der Waals surface area (Å²) < 4.78 is 129. The normalized spacial score (nSPS) is 17.9. The van der Waals surface area contributed by atoms with Crippen LogP contribution in [-0.2, 0) is 11.0 Å². The molecule has 0 N–H and O–H groups in total. The first-order chi connectivity index (χ1) is 23.1. The largest absolute Gasteiger partial charge is 0.488 e. The van der Waals surface area contributed by atoms with Crippen LogP contribution in [-0.4, -0.2) is 49.2 Å². The van der Waals surface area contributed by atoms with Crippen molar-refractivity contribution in [2.45, 2.75) is 120 Å². The highest BCUT2D eigenvalue weighted by atomic mass is 32.2. The van der Waals surface area contributed by atoms with Crippen molar-refractivity contribution < 1.29 is 49.0 Å². The second-order valence-electron chi connectivity index (χ2n) is 14.8. The number of nitriles is 1. The number of alkyl halides is 8. The van der Waals surface area contributed by atoms with Crippen LogP contribution in [0.3, 0.4) is 0 Å². The number of aromatic nitrogens is 1. The number of rotatable bonds is 11. The van der Waals surface area contributed by atoms with E-state index in [9.17, 15) is 39.9 Å². The van der Waals surface area contributed by atoms with E-state index in [2.05, 4.69) is 4.98 Å². The molecule has 2 aliphatic rings. The molecule has 1 aromatic heterocycles. The first kappa shape index (κ1) is 40.5. The molecule has 1 aromatic carbocycles. The molecule has 1 saturated heterocycles. The standard InChI is InChI=1S/C34H37F9N4O2S2/c1-19(15-29(4,5)51-30(6,7)18-28(2,3)33(39,40)34(41,42)43)49-25-10-9-20(14-23(25)35)47-27(50)46(26(48)31(47)11-8-12-31)21-13-22(32(36,37)38)24(16-44)45-17-21/h9-10,13-14,17,19H,8,11-12,15,18H2,1-7H3.